The second-order valence-electron chi connectivity index (χ2n) is 11.4. The van der Waals surface area contributed by atoms with Gasteiger partial charge in [0.15, 0.2) is 0 Å². The summed E-state index contributed by atoms with van der Waals surface area (Å²) in [5, 5.41) is 7.23. The third kappa shape index (κ3) is 5.96. The van der Waals surface area contributed by atoms with E-state index in [1.807, 2.05) is 35.2 Å². The van der Waals surface area contributed by atoms with Crippen LogP contribution in [0, 0.1) is 5.92 Å². The average molecular weight is 516 g/mol. The molecule has 0 spiro atoms. The maximum absolute atomic E-state index is 13.2. The van der Waals surface area contributed by atoms with Gasteiger partial charge in [-0.15, -0.1) is 0 Å². The zero-order valence-corrected chi connectivity index (χ0v) is 22.6. The molecule has 38 heavy (non-hydrogen) atoms. The first-order valence-electron chi connectivity index (χ1n) is 13.6. The largest absolute Gasteiger partial charge is 0.339 e. The third-order valence-corrected chi connectivity index (χ3v) is 7.52. The van der Waals surface area contributed by atoms with Crippen molar-refractivity contribution in [2.75, 3.05) is 31.5 Å². The van der Waals surface area contributed by atoms with Gasteiger partial charge in [0.25, 0.3) is 5.91 Å². The number of nitrogens with one attached hydrogen (secondary N) is 1. The van der Waals surface area contributed by atoms with Gasteiger partial charge >= 0.3 is 0 Å². The van der Waals surface area contributed by atoms with Crippen LogP contribution in [0.3, 0.4) is 0 Å². The molecule has 0 bridgehead atoms. The van der Waals surface area contributed by atoms with Gasteiger partial charge in [0.2, 0.25) is 17.6 Å². The molecule has 1 atom stereocenters. The first kappa shape index (κ1) is 26.1. The summed E-state index contributed by atoms with van der Waals surface area (Å²) < 4.78 is 5.56. The molecule has 5 rings (SSSR count). The molecule has 2 aliphatic rings. The summed E-state index contributed by atoms with van der Waals surface area (Å²) >= 11 is 0. The van der Waals surface area contributed by atoms with Crippen molar-refractivity contribution in [1.82, 2.24) is 19.9 Å². The molecule has 0 saturated carbocycles. The summed E-state index contributed by atoms with van der Waals surface area (Å²) in [4.78, 5) is 34.9. The van der Waals surface area contributed by atoms with Gasteiger partial charge in [0, 0.05) is 25.2 Å². The normalized spacial score (nSPS) is 18.5. The number of hydrogen-bond donors (Lipinski definition) is 1. The molecular weight excluding hydrogens is 478 g/mol. The number of piperidine rings is 1. The minimum atomic E-state index is -0.175. The van der Waals surface area contributed by atoms with Gasteiger partial charge in [-0.05, 0) is 55.3 Å². The second-order valence-corrected chi connectivity index (χ2v) is 11.4. The predicted molar refractivity (Wildman–Crippen MR) is 147 cm³/mol. The van der Waals surface area contributed by atoms with Crippen molar-refractivity contribution in [2.45, 2.75) is 58.4 Å². The molecule has 0 aliphatic carbocycles. The number of hydrogen-bond acceptors (Lipinski definition) is 6. The lowest BCUT2D eigenvalue weighted by atomic mass is 9.87. The number of rotatable bonds is 6. The highest BCUT2D eigenvalue weighted by Gasteiger charge is 2.29. The number of para-hydroxylation sites is 1. The molecule has 1 N–H and O–H groups in total. The van der Waals surface area contributed by atoms with Crippen LogP contribution in [0.4, 0.5) is 5.69 Å². The van der Waals surface area contributed by atoms with E-state index in [4.69, 9.17) is 4.52 Å². The fourth-order valence-corrected chi connectivity index (χ4v) is 5.26. The number of likely N-dealkylation sites (tertiary alicyclic amines) is 2. The number of benzene rings is 2. The number of carbonyl (C=O) groups excluding carboxylic acids is 2. The highest BCUT2D eigenvalue weighted by molar-refractivity contribution is 6.04. The lowest BCUT2D eigenvalue weighted by molar-refractivity contribution is -0.121. The molecule has 3 heterocycles. The standard InChI is InChI=1S/C30H37N5O3/c1-30(2,3)23-14-12-21(13-15-23)27-32-26(38-33-27)20-34-16-8-9-22(19-34)28(36)31-25-11-5-4-10-24(25)29(37)35-17-6-7-18-35/h4-5,10-15,22H,6-9,16-20H2,1-3H3,(H,31,36). The van der Waals surface area contributed by atoms with Gasteiger partial charge in [0.05, 0.1) is 23.7 Å². The van der Waals surface area contributed by atoms with Crippen LogP contribution in [0.25, 0.3) is 11.4 Å². The molecule has 1 unspecified atom stereocenters. The predicted octanol–water partition coefficient (Wildman–Crippen LogP) is 5.12. The Kier molecular flexibility index (Phi) is 7.61. The van der Waals surface area contributed by atoms with Gasteiger partial charge in [-0.25, -0.2) is 0 Å². The third-order valence-electron chi connectivity index (χ3n) is 7.52. The molecule has 200 valence electrons. The van der Waals surface area contributed by atoms with Gasteiger partial charge in [-0.3, -0.25) is 14.5 Å². The monoisotopic (exact) mass is 515 g/mol. The minimum Gasteiger partial charge on any atom is -0.339 e. The SMILES string of the molecule is CC(C)(C)c1ccc(-c2noc(CN3CCCC(C(=O)Nc4ccccc4C(=O)N4CCCC4)C3)n2)cc1. The fourth-order valence-electron chi connectivity index (χ4n) is 5.26. The first-order valence-corrected chi connectivity index (χ1v) is 13.6. The van der Waals surface area contributed by atoms with E-state index in [1.54, 1.807) is 6.07 Å². The fraction of sp³-hybridized carbons (Fsp3) is 0.467. The Hall–Kier alpha value is -3.52. The van der Waals surface area contributed by atoms with Crippen LogP contribution in [-0.4, -0.2) is 57.9 Å². The van der Waals surface area contributed by atoms with E-state index < -0.39 is 0 Å². The van der Waals surface area contributed by atoms with Gasteiger partial charge in [-0.2, -0.15) is 4.98 Å². The number of amides is 2. The van der Waals surface area contributed by atoms with Gasteiger partial charge < -0.3 is 14.7 Å². The van der Waals surface area contributed by atoms with E-state index in [0.29, 0.717) is 36.1 Å². The highest BCUT2D eigenvalue weighted by atomic mass is 16.5. The molecule has 2 saturated heterocycles. The molecule has 2 fully saturated rings. The molecule has 1 aromatic heterocycles. The van der Waals surface area contributed by atoms with Gasteiger partial charge in [0.1, 0.15) is 0 Å². The van der Waals surface area contributed by atoms with E-state index in [1.165, 1.54) is 5.56 Å². The molecular formula is C30H37N5O3. The maximum atomic E-state index is 13.2. The van der Waals surface area contributed by atoms with Crippen molar-refractivity contribution in [3.05, 3.63) is 65.5 Å². The van der Waals surface area contributed by atoms with Crippen LogP contribution in [0.1, 0.15) is 68.3 Å². The Bertz CT molecular complexity index is 1270. The molecule has 8 nitrogen and oxygen atoms in total. The highest BCUT2D eigenvalue weighted by Crippen LogP contribution is 2.26. The molecule has 8 heteroatoms. The van der Waals surface area contributed by atoms with Crippen LogP contribution in [-0.2, 0) is 16.8 Å². The van der Waals surface area contributed by atoms with E-state index in [9.17, 15) is 9.59 Å². The summed E-state index contributed by atoms with van der Waals surface area (Å²) in [7, 11) is 0. The van der Waals surface area contributed by atoms with E-state index in [0.717, 1.165) is 50.9 Å². The van der Waals surface area contributed by atoms with Crippen LogP contribution in [0.5, 0.6) is 0 Å². The van der Waals surface area contributed by atoms with E-state index in [2.05, 4.69) is 53.3 Å². The Labute approximate surface area is 224 Å². The van der Waals surface area contributed by atoms with Crippen LogP contribution >= 0.6 is 0 Å². The lowest BCUT2D eigenvalue weighted by Gasteiger charge is -2.31. The Morgan fingerprint density at radius 3 is 2.47 bits per heavy atom. The minimum absolute atomic E-state index is 0.0103. The molecule has 0 radical (unpaired) electrons. The molecule has 3 aromatic rings. The van der Waals surface area contributed by atoms with Crippen LogP contribution in [0.2, 0.25) is 0 Å². The summed E-state index contributed by atoms with van der Waals surface area (Å²) in [6, 6.07) is 15.6. The first-order chi connectivity index (χ1) is 18.3. The smallest absolute Gasteiger partial charge is 0.255 e. The Morgan fingerprint density at radius 1 is 1.00 bits per heavy atom. The van der Waals surface area contributed by atoms with Crippen LogP contribution < -0.4 is 5.32 Å². The van der Waals surface area contributed by atoms with Crippen molar-refractivity contribution in [3.63, 3.8) is 0 Å². The second kappa shape index (κ2) is 11.1. The van der Waals surface area contributed by atoms with E-state index in [-0.39, 0.29) is 23.1 Å². The van der Waals surface area contributed by atoms with Crippen molar-refractivity contribution in [3.8, 4) is 11.4 Å². The zero-order chi connectivity index (χ0) is 26.7. The summed E-state index contributed by atoms with van der Waals surface area (Å²) in [6.45, 7) is 10.1. The quantitative estimate of drug-likeness (QED) is 0.490. The summed E-state index contributed by atoms with van der Waals surface area (Å²) in [6.07, 6.45) is 3.77. The molecule has 2 aromatic carbocycles. The van der Waals surface area contributed by atoms with Crippen LogP contribution in [0.15, 0.2) is 53.1 Å². The van der Waals surface area contributed by atoms with Crippen molar-refractivity contribution >= 4 is 17.5 Å². The summed E-state index contributed by atoms with van der Waals surface area (Å²) in [5.41, 5.74) is 3.41. The number of anilines is 1. The topological polar surface area (TPSA) is 91.6 Å². The Balaban J connectivity index is 1.20. The number of carbonyl (C=O) groups is 2. The molecule has 2 aliphatic heterocycles. The summed E-state index contributed by atoms with van der Waals surface area (Å²) in [5.74, 6) is 0.880. The number of aromatic nitrogens is 2. The lowest BCUT2D eigenvalue weighted by Crippen LogP contribution is -2.40. The maximum Gasteiger partial charge on any atom is 0.255 e. The van der Waals surface area contributed by atoms with Gasteiger partial charge in [-0.1, -0.05) is 62.3 Å². The number of nitrogens with zero attached hydrogens (tertiary/aromatic N) is 4. The molecule has 2 amide bonds. The van der Waals surface area contributed by atoms with Crippen molar-refractivity contribution in [2.24, 2.45) is 5.92 Å². The zero-order valence-electron chi connectivity index (χ0n) is 22.6. The Morgan fingerprint density at radius 2 is 1.74 bits per heavy atom. The average Bonchev–Trinajstić information content (AvgIpc) is 3.61. The van der Waals surface area contributed by atoms with E-state index >= 15 is 0 Å². The van der Waals surface area contributed by atoms with Crippen molar-refractivity contribution < 1.29 is 14.1 Å². The van der Waals surface area contributed by atoms with Crippen molar-refractivity contribution in [1.29, 1.82) is 0 Å².